The first-order valence-electron chi connectivity index (χ1n) is 9.72. The third kappa shape index (κ3) is 6.03. The number of nitrogens with one attached hydrogen (secondary N) is 2. The molecular weight excluding hydrogens is 453 g/mol. The Balaban J connectivity index is 0.00000261. The number of fused-ring (bicyclic) bond motifs is 1. The van der Waals surface area contributed by atoms with Crippen molar-refractivity contribution in [2.45, 2.75) is 46.2 Å². The molecule has 1 aliphatic heterocycles. The minimum atomic E-state index is 0. The highest BCUT2D eigenvalue weighted by atomic mass is 127. The maximum absolute atomic E-state index is 4.69. The lowest BCUT2D eigenvalue weighted by atomic mass is 9.98. The first kappa shape index (κ1) is 21.9. The average Bonchev–Trinajstić information content (AvgIpc) is 3.07. The number of aromatic nitrogens is 3. The molecule has 3 heterocycles. The highest BCUT2D eigenvalue weighted by Crippen LogP contribution is 2.17. The number of halogens is 1. The van der Waals surface area contributed by atoms with Gasteiger partial charge in [0.25, 0.3) is 0 Å². The van der Waals surface area contributed by atoms with Gasteiger partial charge in [-0.15, -0.1) is 34.2 Å². The van der Waals surface area contributed by atoms with E-state index in [1.54, 1.807) is 0 Å². The van der Waals surface area contributed by atoms with Crippen molar-refractivity contribution >= 4 is 35.6 Å². The molecular formula is C19H32IN7. The number of aliphatic imine (C=N–C) groups is 1. The smallest absolute Gasteiger partial charge is 0.191 e. The zero-order chi connectivity index (χ0) is 18.4. The summed E-state index contributed by atoms with van der Waals surface area (Å²) in [7, 11) is 0. The second-order valence-electron chi connectivity index (χ2n) is 7.19. The fourth-order valence-corrected chi connectivity index (χ4v) is 3.33. The lowest BCUT2D eigenvalue weighted by molar-refractivity contribution is 0.147. The van der Waals surface area contributed by atoms with Crippen LogP contribution in [0.2, 0.25) is 0 Å². The number of guanidine groups is 1. The Labute approximate surface area is 179 Å². The number of nitrogens with zero attached hydrogens (tertiary/aromatic N) is 5. The monoisotopic (exact) mass is 485 g/mol. The Morgan fingerprint density at radius 1 is 1.26 bits per heavy atom. The summed E-state index contributed by atoms with van der Waals surface area (Å²) in [5.41, 5.74) is 0.851. The average molecular weight is 485 g/mol. The van der Waals surface area contributed by atoms with Gasteiger partial charge in [-0.1, -0.05) is 13.0 Å². The number of hydrogen-bond donors (Lipinski definition) is 2. The van der Waals surface area contributed by atoms with Crippen LogP contribution in [0, 0.1) is 5.92 Å². The Morgan fingerprint density at radius 2 is 2.04 bits per heavy atom. The van der Waals surface area contributed by atoms with Gasteiger partial charge in [-0.2, -0.15) is 0 Å². The van der Waals surface area contributed by atoms with Crippen molar-refractivity contribution in [2.24, 2.45) is 10.9 Å². The largest absolute Gasteiger partial charge is 0.357 e. The van der Waals surface area contributed by atoms with Gasteiger partial charge in [0.1, 0.15) is 6.54 Å². The lowest BCUT2D eigenvalue weighted by Gasteiger charge is -2.35. The van der Waals surface area contributed by atoms with Crippen molar-refractivity contribution in [2.75, 3.05) is 26.2 Å². The number of rotatable bonds is 6. The fraction of sp³-hybridized carbons (Fsp3) is 0.632. The molecule has 0 amide bonds. The maximum Gasteiger partial charge on any atom is 0.191 e. The quantitative estimate of drug-likeness (QED) is 0.374. The van der Waals surface area contributed by atoms with Crippen LogP contribution in [0.4, 0.5) is 0 Å². The third-order valence-electron chi connectivity index (χ3n) is 5.11. The molecule has 1 saturated heterocycles. The Bertz CT molecular complexity index is 722. The van der Waals surface area contributed by atoms with E-state index in [2.05, 4.69) is 51.5 Å². The summed E-state index contributed by atoms with van der Waals surface area (Å²) < 4.78 is 1.98. The van der Waals surface area contributed by atoms with Gasteiger partial charge in [0.15, 0.2) is 17.4 Å². The molecule has 0 radical (unpaired) electrons. The summed E-state index contributed by atoms with van der Waals surface area (Å²) in [6.07, 6.45) is 4.58. The molecule has 2 N–H and O–H groups in total. The fourth-order valence-electron chi connectivity index (χ4n) is 3.33. The van der Waals surface area contributed by atoms with E-state index in [1.165, 1.54) is 25.9 Å². The zero-order valence-electron chi connectivity index (χ0n) is 16.6. The van der Waals surface area contributed by atoms with Gasteiger partial charge in [0, 0.05) is 25.3 Å². The SMILES string of the molecule is CCNC(=NCc1nnc2ccccn12)NCC(C)N1CCC(C)CC1.I. The van der Waals surface area contributed by atoms with E-state index in [-0.39, 0.29) is 24.0 Å². The molecule has 1 aliphatic rings. The van der Waals surface area contributed by atoms with Crippen LogP contribution in [0.5, 0.6) is 0 Å². The Hall–Kier alpha value is -1.42. The van der Waals surface area contributed by atoms with Gasteiger partial charge in [-0.05, 0) is 57.8 Å². The van der Waals surface area contributed by atoms with Crippen LogP contribution in [-0.2, 0) is 6.54 Å². The number of hydrogen-bond acceptors (Lipinski definition) is 4. The minimum Gasteiger partial charge on any atom is -0.357 e. The molecule has 0 spiro atoms. The zero-order valence-corrected chi connectivity index (χ0v) is 18.9. The first-order valence-corrected chi connectivity index (χ1v) is 9.72. The third-order valence-corrected chi connectivity index (χ3v) is 5.11. The standard InChI is InChI=1S/C19H31N7.HI/c1-4-20-19(21-13-16(3)25-11-8-15(2)9-12-25)22-14-18-24-23-17-7-5-6-10-26(17)18;/h5-7,10,15-16H,4,8-9,11-14H2,1-3H3,(H2,20,21,22);1H. The van der Waals surface area contributed by atoms with Crippen LogP contribution < -0.4 is 10.6 Å². The summed E-state index contributed by atoms with van der Waals surface area (Å²) in [6.45, 7) is 11.3. The van der Waals surface area contributed by atoms with E-state index in [4.69, 9.17) is 0 Å². The van der Waals surface area contributed by atoms with Gasteiger partial charge in [0.2, 0.25) is 0 Å². The molecule has 0 aliphatic carbocycles. The second kappa shape index (κ2) is 10.8. The first-order chi connectivity index (χ1) is 12.7. The predicted octanol–water partition coefficient (Wildman–Crippen LogP) is 2.52. The molecule has 2 aromatic heterocycles. The molecule has 0 saturated carbocycles. The van der Waals surface area contributed by atoms with Crippen molar-refractivity contribution < 1.29 is 0 Å². The Kier molecular flexibility index (Phi) is 8.75. The number of pyridine rings is 1. The Morgan fingerprint density at radius 3 is 2.78 bits per heavy atom. The normalized spacial score (nSPS) is 17.5. The van der Waals surface area contributed by atoms with E-state index in [0.717, 1.165) is 36.4 Å². The summed E-state index contributed by atoms with van der Waals surface area (Å²) >= 11 is 0. The lowest BCUT2D eigenvalue weighted by Crippen LogP contribution is -2.48. The molecule has 1 fully saturated rings. The second-order valence-corrected chi connectivity index (χ2v) is 7.19. The van der Waals surface area contributed by atoms with Crippen LogP contribution >= 0.6 is 24.0 Å². The summed E-state index contributed by atoms with van der Waals surface area (Å²) in [6, 6.07) is 6.39. The summed E-state index contributed by atoms with van der Waals surface area (Å²) in [4.78, 5) is 7.26. The molecule has 8 heteroatoms. The van der Waals surface area contributed by atoms with Crippen molar-refractivity contribution in [3.05, 3.63) is 30.2 Å². The molecule has 27 heavy (non-hydrogen) atoms. The topological polar surface area (TPSA) is 69.8 Å². The molecule has 3 rings (SSSR count). The summed E-state index contributed by atoms with van der Waals surface area (Å²) in [5, 5.41) is 15.2. The van der Waals surface area contributed by atoms with Gasteiger partial charge in [-0.25, -0.2) is 4.99 Å². The summed E-state index contributed by atoms with van der Waals surface area (Å²) in [5.74, 6) is 2.54. The molecule has 7 nitrogen and oxygen atoms in total. The van der Waals surface area contributed by atoms with E-state index in [9.17, 15) is 0 Å². The molecule has 150 valence electrons. The van der Waals surface area contributed by atoms with Crippen molar-refractivity contribution in [3.63, 3.8) is 0 Å². The van der Waals surface area contributed by atoms with Crippen molar-refractivity contribution in [1.29, 1.82) is 0 Å². The van der Waals surface area contributed by atoms with Crippen LogP contribution in [0.25, 0.3) is 5.65 Å². The molecule has 0 bridgehead atoms. The minimum absolute atomic E-state index is 0. The molecule has 1 atom stereocenters. The number of likely N-dealkylation sites (tertiary alicyclic amines) is 1. The van der Waals surface area contributed by atoms with Gasteiger partial charge in [0.05, 0.1) is 0 Å². The maximum atomic E-state index is 4.69. The molecule has 2 aromatic rings. The van der Waals surface area contributed by atoms with Crippen LogP contribution in [0.15, 0.2) is 29.4 Å². The van der Waals surface area contributed by atoms with Crippen LogP contribution in [0.1, 0.15) is 39.4 Å². The highest BCUT2D eigenvalue weighted by Gasteiger charge is 2.20. The van der Waals surface area contributed by atoms with Crippen LogP contribution in [0.3, 0.4) is 0 Å². The van der Waals surface area contributed by atoms with E-state index >= 15 is 0 Å². The van der Waals surface area contributed by atoms with Gasteiger partial charge in [-0.3, -0.25) is 9.30 Å². The van der Waals surface area contributed by atoms with Crippen molar-refractivity contribution in [3.8, 4) is 0 Å². The van der Waals surface area contributed by atoms with Crippen molar-refractivity contribution in [1.82, 2.24) is 30.1 Å². The van der Waals surface area contributed by atoms with Crippen LogP contribution in [-0.4, -0.2) is 57.7 Å². The van der Waals surface area contributed by atoms with E-state index in [1.807, 2.05) is 28.8 Å². The van der Waals surface area contributed by atoms with Gasteiger partial charge >= 0.3 is 0 Å². The molecule has 0 aromatic carbocycles. The van der Waals surface area contributed by atoms with E-state index < -0.39 is 0 Å². The van der Waals surface area contributed by atoms with Gasteiger partial charge < -0.3 is 10.6 Å². The van der Waals surface area contributed by atoms with E-state index in [0.29, 0.717) is 12.6 Å². The molecule has 1 unspecified atom stereocenters. The number of piperidine rings is 1. The highest BCUT2D eigenvalue weighted by molar-refractivity contribution is 14.0. The predicted molar refractivity (Wildman–Crippen MR) is 121 cm³/mol.